The first-order chi connectivity index (χ1) is 19.1. The van der Waals surface area contributed by atoms with Gasteiger partial charge in [0, 0.05) is 58.6 Å². The molecule has 2 heterocycles. The quantitative estimate of drug-likeness (QED) is 0.247. The molecule has 0 spiro atoms. The monoisotopic (exact) mass is 662 g/mol. The highest BCUT2D eigenvalue weighted by Crippen LogP contribution is 2.29. The second-order valence-electron chi connectivity index (χ2n) is 9.48. The number of rotatable bonds is 8. The van der Waals surface area contributed by atoms with Crippen LogP contribution in [-0.4, -0.2) is 56.6 Å². The number of nitrogens with one attached hydrogen (secondary N) is 1. The van der Waals surface area contributed by atoms with Crippen LogP contribution in [0.4, 0.5) is 11.4 Å². The van der Waals surface area contributed by atoms with Crippen LogP contribution in [0.2, 0.25) is 5.02 Å². The van der Waals surface area contributed by atoms with Crippen molar-refractivity contribution in [2.45, 2.75) is 29.6 Å². The molecule has 1 aliphatic heterocycles. The number of sulfonamides is 2. The van der Waals surface area contributed by atoms with Crippen LogP contribution in [0, 0.1) is 0 Å². The van der Waals surface area contributed by atoms with Gasteiger partial charge in [-0.2, -0.15) is 8.61 Å². The van der Waals surface area contributed by atoms with Crippen LogP contribution < -0.4 is 5.32 Å². The van der Waals surface area contributed by atoms with Crippen molar-refractivity contribution in [1.82, 2.24) is 13.6 Å². The van der Waals surface area contributed by atoms with Crippen molar-refractivity contribution in [3.8, 4) is 0 Å². The largest absolute Gasteiger partial charge is 0.355 e. The highest BCUT2D eigenvalue weighted by Gasteiger charge is 2.34. The molecule has 1 N–H and O–H groups in total. The SMILES string of the molecule is CCCc1cc(Br)ccc1S(=O)(=O)N1CCN(S(=O)(=O)c2ccc(Nc3ccnc4cc(Cl)ccc34)cc2)CC1. The molecule has 0 amide bonds. The Morgan fingerprint density at radius 3 is 2.23 bits per heavy atom. The van der Waals surface area contributed by atoms with Gasteiger partial charge in [-0.05, 0) is 78.7 Å². The first-order valence-electron chi connectivity index (χ1n) is 12.8. The van der Waals surface area contributed by atoms with Gasteiger partial charge in [-0.3, -0.25) is 4.98 Å². The van der Waals surface area contributed by atoms with E-state index in [0.717, 1.165) is 38.7 Å². The molecular weight excluding hydrogens is 636 g/mol. The number of hydrogen-bond acceptors (Lipinski definition) is 6. The third-order valence-corrected chi connectivity index (χ3v) is 11.5. The van der Waals surface area contributed by atoms with Crippen molar-refractivity contribution >= 4 is 69.9 Å². The summed E-state index contributed by atoms with van der Waals surface area (Å²) in [5.41, 5.74) is 3.04. The molecule has 3 aromatic carbocycles. The second-order valence-corrected chi connectivity index (χ2v) is 14.7. The lowest BCUT2D eigenvalue weighted by molar-refractivity contribution is 0.272. The number of benzene rings is 3. The third-order valence-electron chi connectivity index (χ3n) is 6.83. The van der Waals surface area contributed by atoms with Gasteiger partial charge in [0.2, 0.25) is 20.0 Å². The molecule has 210 valence electrons. The molecule has 0 aliphatic carbocycles. The number of nitrogens with zero attached hydrogens (tertiary/aromatic N) is 3. The third kappa shape index (κ3) is 5.90. The average Bonchev–Trinajstić information content (AvgIpc) is 2.93. The van der Waals surface area contributed by atoms with Gasteiger partial charge in [-0.25, -0.2) is 16.8 Å². The van der Waals surface area contributed by atoms with Gasteiger partial charge < -0.3 is 5.32 Å². The summed E-state index contributed by atoms with van der Waals surface area (Å²) in [5, 5.41) is 4.80. The molecule has 0 unspecified atom stereocenters. The highest BCUT2D eigenvalue weighted by molar-refractivity contribution is 9.10. The number of anilines is 2. The van der Waals surface area contributed by atoms with E-state index in [1.807, 2.05) is 25.1 Å². The smallest absolute Gasteiger partial charge is 0.243 e. The van der Waals surface area contributed by atoms with E-state index in [-0.39, 0.29) is 36.0 Å². The van der Waals surface area contributed by atoms with Crippen LogP contribution >= 0.6 is 27.5 Å². The first kappa shape index (κ1) is 29.0. The van der Waals surface area contributed by atoms with E-state index in [1.165, 1.54) is 8.61 Å². The maximum atomic E-state index is 13.4. The fourth-order valence-corrected chi connectivity index (χ4v) is 8.45. The van der Waals surface area contributed by atoms with Gasteiger partial charge in [-0.15, -0.1) is 0 Å². The number of hydrogen-bond donors (Lipinski definition) is 1. The molecule has 0 bridgehead atoms. The van der Waals surface area contributed by atoms with Crippen molar-refractivity contribution in [1.29, 1.82) is 0 Å². The topological polar surface area (TPSA) is 99.7 Å². The van der Waals surface area contributed by atoms with Crippen molar-refractivity contribution < 1.29 is 16.8 Å². The van der Waals surface area contributed by atoms with Gasteiger partial charge in [0.1, 0.15) is 0 Å². The maximum absolute atomic E-state index is 13.4. The Hall–Kier alpha value is -2.54. The van der Waals surface area contributed by atoms with Crippen molar-refractivity contribution in [3.63, 3.8) is 0 Å². The van der Waals surface area contributed by atoms with Crippen LogP contribution in [0.5, 0.6) is 0 Å². The van der Waals surface area contributed by atoms with Crippen molar-refractivity contribution in [3.05, 3.63) is 88.0 Å². The highest BCUT2D eigenvalue weighted by atomic mass is 79.9. The summed E-state index contributed by atoms with van der Waals surface area (Å²) in [6.45, 7) is 2.32. The Bertz CT molecular complexity index is 1760. The molecule has 1 aliphatic rings. The summed E-state index contributed by atoms with van der Waals surface area (Å²) in [4.78, 5) is 4.78. The Kier molecular flexibility index (Phi) is 8.51. The van der Waals surface area contributed by atoms with Crippen molar-refractivity contribution in [2.75, 3.05) is 31.5 Å². The number of aromatic nitrogens is 1. The van der Waals surface area contributed by atoms with Gasteiger partial charge >= 0.3 is 0 Å². The number of fused-ring (bicyclic) bond motifs is 1. The van der Waals surface area contributed by atoms with E-state index >= 15 is 0 Å². The molecule has 0 saturated carbocycles. The second kappa shape index (κ2) is 11.8. The Morgan fingerprint density at radius 1 is 0.875 bits per heavy atom. The molecular formula is C28H28BrClN4O4S2. The fourth-order valence-electron chi connectivity index (χ4n) is 4.80. The van der Waals surface area contributed by atoms with E-state index < -0.39 is 20.0 Å². The van der Waals surface area contributed by atoms with Gasteiger partial charge in [-0.1, -0.05) is 40.9 Å². The zero-order valence-corrected chi connectivity index (χ0v) is 25.7. The number of piperazine rings is 1. The minimum atomic E-state index is -3.79. The van der Waals surface area contributed by atoms with Crippen LogP contribution in [-0.2, 0) is 26.5 Å². The molecule has 0 atom stereocenters. The Labute approximate surface area is 248 Å². The predicted molar refractivity (Wildman–Crippen MR) is 162 cm³/mol. The van der Waals surface area contributed by atoms with Crippen molar-refractivity contribution in [2.24, 2.45) is 0 Å². The lowest BCUT2D eigenvalue weighted by atomic mass is 10.1. The average molecular weight is 664 g/mol. The normalized spacial score (nSPS) is 15.4. The molecule has 1 fully saturated rings. The first-order valence-corrected chi connectivity index (χ1v) is 16.8. The van der Waals surface area contributed by atoms with Crippen LogP contribution in [0.25, 0.3) is 10.9 Å². The van der Waals surface area contributed by atoms with E-state index in [0.29, 0.717) is 11.4 Å². The standard InChI is InChI=1S/C28H28BrClN4O4S2/c1-2-3-20-18-21(29)4-11-28(20)40(37,38)34-16-14-33(15-17-34)39(35,36)24-8-6-23(7-9-24)32-26-12-13-31-27-19-22(30)5-10-25(26)27/h4-13,18-19H,2-3,14-17H2,1H3,(H,31,32). The molecule has 0 radical (unpaired) electrons. The molecule has 12 heteroatoms. The minimum absolute atomic E-state index is 0.0762. The van der Waals surface area contributed by atoms with Crippen LogP contribution in [0.3, 0.4) is 0 Å². The summed E-state index contributed by atoms with van der Waals surface area (Å²) in [5.74, 6) is 0. The fraction of sp³-hybridized carbons (Fsp3) is 0.250. The summed E-state index contributed by atoms with van der Waals surface area (Å²) in [7, 11) is -7.54. The summed E-state index contributed by atoms with van der Waals surface area (Å²) in [6, 6.07) is 19.0. The van der Waals surface area contributed by atoms with Crippen LogP contribution in [0.1, 0.15) is 18.9 Å². The molecule has 4 aromatic rings. The zero-order chi connectivity index (χ0) is 28.5. The molecule has 40 heavy (non-hydrogen) atoms. The zero-order valence-electron chi connectivity index (χ0n) is 21.7. The molecule has 1 aromatic heterocycles. The van der Waals surface area contributed by atoms with Gasteiger partial charge in [0.15, 0.2) is 0 Å². The number of pyridine rings is 1. The number of aryl methyl sites for hydroxylation is 1. The summed E-state index contributed by atoms with van der Waals surface area (Å²) in [6.07, 6.45) is 3.13. The predicted octanol–water partition coefficient (Wildman–Crippen LogP) is 6.04. The lowest BCUT2D eigenvalue weighted by Gasteiger charge is -2.33. The Balaban J connectivity index is 1.28. The van der Waals surface area contributed by atoms with Gasteiger partial charge in [0.25, 0.3) is 0 Å². The lowest BCUT2D eigenvalue weighted by Crippen LogP contribution is -2.50. The number of halogens is 2. The van der Waals surface area contributed by atoms with E-state index in [2.05, 4.69) is 26.2 Å². The Morgan fingerprint density at radius 2 is 1.55 bits per heavy atom. The van der Waals surface area contributed by atoms with E-state index in [4.69, 9.17) is 11.6 Å². The summed E-state index contributed by atoms with van der Waals surface area (Å²) >= 11 is 9.50. The minimum Gasteiger partial charge on any atom is -0.355 e. The van der Waals surface area contributed by atoms with Gasteiger partial charge in [0.05, 0.1) is 15.3 Å². The maximum Gasteiger partial charge on any atom is 0.243 e. The molecule has 5 rings (SSSR count). The van der Waals surface area contributed by atoms with E-state index in [1.54, 1.807) is 54.7 Å². The van der Waals surface area contributed by atoms with Crippen LogP contribution in [0.15, 0.2) is 87.2 Å². The molecule has 1 saturated heterocycles. The summed E-state index contributed by atoms with van der Waals surface area (Å²) < 4.78 is 57.2. The molecule has 8 nitrogen and oxygen atoms in total. The van der Waals surface area contributed by atoms with E-state index in [9.17, 15) is 16.8 Å².